The summed E-state index contributed by atoms with van der Waals surface area (Å²) in [6.07, 6.45) is 1.47. The monoisotopic (exact) mass is 383 g/mol. The number of halogens is 4. The molecule has 0 saturated carbocycles. The topological polar surface area (TPSA) is 71.0 Å². The number of nitrogens with one attached hydrogen (secondary N) is 1. The van der Waals surface area contributed by atoms with Crippen LogP contribution in [0.5, 0.6) is 0 Å². The van der Waals surface area contributed by atoms with Gasteiger partial charge in [-0.15, -0.1) is 0 Å². The molecule has 2 bridgehead atoms. The van der Waals surface area contributed by atoms with Crippen LogP contribution in [-0.4, -0.2) is 31.9 Å². The van der Waals surface area contributed by atoms with Crippen LogP contribution in [0.3, 0.4) is 0 Å². The van der Waals surface area contributed by atoms with Gasteiger partial charge < -0.3 is 4.90 Å². The summed E-state index contributed by atoms with van der Waals surface area (Å²) >= 11 is 5.68. The molecule has 2 aromatic heterocycles. The molecular weight excluding hydrogens is 371 g/mol. The molecule has 0 aliphatic carbocycles. The lowest BCUT2D eigenvalue weighted by molar-refractivity contribution is -0.137. The van der Waals surface area contributed by atoms with Crippen LogP contribution in [0.4, 0.5) is 23.8 Å². The van der Waals surface area contributed by atoms with E-state index in [0.29, 0.717) is 12.6 Å². The van der Waals surface area contributed by atoms with E-state index in [2.05, 4.69) is 20.3 Å². The third kappa shape index (κ3) is 2.86. The van der Waals surface area contributed by atoms with Gasteiger partial charge in [0.1, 0.15) is 12.1 Å². The van der Waals surface area contributed by atoms with E-state index in [-0.39, 0.29) is 17.9 Å². The van der Waals surface area contributed by atoms with Crippen LogP contribution in [0.15, 0.2) is 24.8 Å². The first kappa shape index (κ1) is 17.0. The van der Waals surface area contributed by atoms with Crippen LogP contribution in [0.1, 0.15) is 35.7 Å². The van der Waals surface area contributed by atoms with Crippen LogP contribution in [0.25, 0.3) is 0 Å². The van der Waals surface area contributed by atoms with Crippen molar-refractivity contribution in [2.45, 2.75) is 37.5 Å². The lowest BCUT2D eigenvalue weighted by Crippen LogP contribution is -2.44. The molecule has 10 heteroatoms. The molecule has 2 aliphatic heterocycles. The summed E-state index contributed by atoms with van der Waals surface area (Å²) in [6, 6.07) is 0.433. The summed E-state index contributed by atoms with van der Waals surface area (Å²) in [7, 11) is 0. The third-order valence-corrected chi connectivity index (χ3v) is 5.06. The Bertz CT molecular complexity index is 875. The number of rotatable bonds is 1. The van der Waals surface area contributed by atoms with Crippen molar-refractivity contribution >= 4 is 23.4 Å². The van der Waals surface area contributed by atoms with Gasteiger partial charge in [-0.25, -0.2) is 19.7 Å². The second-order valence-corrected chi connectivity index (χ2v) is 6.67. The first-order chi connectivity index (χ1) is 12.3. The van der Waals surface area contributed by atoms with Crippen LogP contribution in [-0.2, 0) is 12.6 Å². The van der Waals surface area contributed by atoms with Crippen molar-refractivity contribution in [3.63, 3.8) is 0 Å². The van der Waals surface area contributed by atoms with Crippen molar-refractivity contribution in [2.75, 3.05) is 5.32 Å². The van der Waals surface area contributed by atoms with Crippen LogP contribution in [0.2, 0.25) is 5.02 Å². The van der Waals surface area contributed by atoms with E-state index in [4.69, 9.17) is 11.6 Å². The van der Waals surface area contributed by atoms with Gasteiger partial charge >= 0.3 is 12.2 Å². The van der Waals surface area contributed by atoms with Crippen molar-refractivity contribution in [2.24, 2.45) is 0 Å². The molecule has 136 valence electrons. The number of fused-ring (bicyclic) bond motifs is 4. The summed E-state index contributed by atoms with van der Waals surface area (Å²) in [5, 5.41) is 2.04. The number of amides is 2. The second kappa shape index (κ2) is 6.08. The van der Waals surface area contributed by atoms with Crippen molar-refractivity contribution in [1.29, 1.82) is 0 Å². The van der Waals surface area contributed by atoms with Gasteiger partial charge in [0, 0.05) is 36.5 Å². The second-order valence-electron chi connectivity index (χ2n) is 6.26. The smallest absolute Gasteiger partial charge is 0.314 e. The highest BCUT2D eigenvalue weighted by Gasteiger charge is 2.43. The lowest BCUT2D eigenvalue weighted by Gasteiger charge is -2.35. The molecule has 6 nitrogen and oxygen atoms in total. The zero-order valence-corrected chi connectivity index (χ0v) is 14.1. The van der Waals surface area contributed by atoms with E-state index in [9.17, 15) is 18.0 Å². The number of carbonyl (C=O) groups excluding carboxylic acids is 1. The number of pyridine rings is 1. The Morgan fingerprint density at radius 3 is 2.81 bits per heavy atom. The molecule has 26 heavy (non-hydrogen) atoms. The van der Waals surface area contributed by atoms with E-state index >= 15 is 0 Å². The van der Waals surface area contributed by atoms with Gasteiger partial charge in [0.25, 0.3) is 0 Å². The predicted octanol–water partition coefficient (Wildman–Crippen LogP) is 3.84. The van der Waals surface area contributed by atoms with Gasteiger partial charge in [-0.2, -0.15) is 13.2 Å². The first-order valence-corrected chi connectivity index (χ1v) is 8.33. The van der Waals surface area contributed by atoms with Crippen molar-refractivity contribution in [3.8, 4) is 0 Å². The molecule has 2 unspecified atom stereocenters. The van der Waals surface area contributed by atoms with Crippen LogP contribution < -0.4 is 5.32 Å². The van der Waals surface area contributed by atoms with E-state index in [1.54, 1.807) is 11.1 Å². The number of hydrogen-bond donors (Lipinski definition) is 1. The SMILES string of the molecule is O=C(Nc1cc(Cl)c(C(F)(F)F)cn1)N1C2CCC1c1cncnc1C2. The number of anilines is 1. The molecule has 2 amide bonds. The Morgan fingerprint density at radius 1 is 1.27 bits per heavy atom. The molecule has 0 spiro atoms. The molecule has 2 aliphatic rings. The number of nitrogens with zero attached hydrogens (tertiary/aromatic N) is 4. The number of carbonyl (C=O) groups is 1. The fourth-order valence-electron chi connectivity index (χ4n) is 3.62. The van der Waals surface area contributed by atoms with Crippen molar-refractivity contribution in [3.05, 3.63) is 46.6 Å². The Morgan fingerprint density at radius 2 is 2.08 bits per heavy atom. The zero-order valence-electron chi connectivity index (χ0n) is 13.3. The minimum Gasteiger partial charge on any atom is -0.314 e. The van der Waals surface area contributed by atoms with Gasteiger partial charge in [0.05, 0.1) is 22.3 Å². The van der Waals surface area contributed by atoms with Gasteiger partial charge in [-0.05, 0) is 12.8 Å². The van der Waals surface area contributed by atoms with E-state index in [1.807, 2.05) is 0 Å². The molecule has 4 heterocycles. The van der Waals surface area contributed by atoms with Crippen LogP contribution in [0, 0.1) is 0 Å². The molecule has 0 radical (unpaired) electrons. The Balaban J connectivity index is 1.56. The van der Waals surface area contributed by atoms with Crippen molar-refractivity contribution < 1.29 is 18.0 Å². The number of alkyl halides is 3. The van der Waals surface area contributed by atoms with Crippen molar-refractivity contribution in [1.82, 2.24) is 19.9 Å². The molecule has 4 rings (SSSR count). The first-order valence-electron chi connectivity index (χ1n) is 7.95. The Hall–Kier alpha value is -2.42. The minimum atomic E-state index is -4.59. The lowest BCUT2D eigenvalue weighted by atomic mass is 10.00. The summed E-state index contributed by atoms with van der Waals surface area (Å²) in [4.78, 5) is 26.4. The zero-order chi connectivity index (χ0) is 18.5. The highest BCUT2D eigenvalue weighted by atomic mass is 35.5. The van der Waals surface area contributed by atoms with Gasteiger partial charge in [-0.3, -0.25) is 5.32 Å². The maximum absolute atomic E-state index is 12.8. The Kier molecular flexibility index (Phi) is 3.98. The predicted molar refractivity (Wildman–Crippen MR) is 86.6 cm³/mol. The normalized spacial score (nSPS) is 21.5. The number of aromatic nitrogens is 3. The van der Waals surface area contributed by atoms with E-state index < -0.39 is 22.8 Å². The summed E-state index contributed by atoms with van der Waals surface area (Å²) < 4.78 is 38.3. The average Bonchev–Trinajstić information content (AvgIpc) is 2.89. The van der Waals surface area contributed by atoms with Gasteiger partial charge in [0.2, 0.25) is 0 Å². The fraction of sp³-hybridized carbons (Fsp3) is 0.375. The van der Waals surface area contributed by atoms with Gasteiger partial charge in [-0.1, -0.05) is 11.6 Å². The molecule has 2 aromatic rings. The quantitative estimate of drug-likeness (QED) is 0.812. The van der Waals surface area contributed by atoms with E-state index in [0.717, 1.165) is 30.2 Å². The van der Waals surface area contributed by atoms with Crippen LogP contribution >= 0.6 is 11.6 Å². The highest BCUT2D eigenvalue weighted by molar-refractivity contribution is 6.31. The minimum absolute atomic E-state index is 0.00711. The van der Waals surface area contributed by atoms with E-state index in [1.165, 1.54) is 6.33 Å². The number of urea groups is 1. The maximum Gasteiger partial charge on any atom is 0.419 e. The summed E-state index contributed by atoms with van der Waals surface area (Å²) in [6.45, 7) is 0. The molecular formula is C16H13ClF3N5O. The molecule has 0 aromatic carbocycles. The fourth-order valence-corrected chi connectivity index (χ4v) is 3.87. The third-order valence-electron chi connectivity index (χ3n) is 4.75. The largest absolute Gasteiger partial charge is 0.419 e. The number of hydrogen-bond acceptors (Lipinski definition) is 4. The molecule has 1 saturated heterocycles. The summed E-state index contributed by atoms with van der Waals surface area (Å²) in [5.41, 5.74) is 0.809. The summed E-state index contributed by atoms with van der Waals surface area (Å²) in [5.74, 6) is -0.0255. The molecule has 2 atom stereocenters. The average molecular weight is 384 g/mol. The maximum atomic E-state index is 12.8. The molecule has 1 N–H and O–H groups in total. The highest BCUT2D eigenvalue weighted by Crippen LogP contribution is 2.43. The standard InChI is InChI=1S/C16H13ClF3N5O/c17-11-4-14(22-6-10(11)16(18,19)20)24-15(26)25-8-1-2-13(25)9-5-21-7-23-12(9)3-8/h4-8,13H,1-3H2,(H,22,24,26). The molecule has 1 fully saturated rings. The Labute approximate surface area is 151 Å². The van der Waals surface area contributed by atoms with Gasteiger partial charge in [0.15, 0.2) is 0 Å².